The summed E-state index contributed by atoms with van der Waals surface area (Å²) in [6.45, 7) is 1.49. The normalized spacial score (nSPS) is 13.2. The quantitative estimate of drug-likeness (QED) is 0.533. The number of carbonyl (C=O) groups excluding carboxylic acids is 2. The summed E-state index contributed by atoms with van der Waals surface area (Å²) in [6, 6.07) is 0. The number of hydrogen-bond donors (Lipinski definition) is 0. The van der Waals surface area contributed by atoms with Crippen molar-refractivity contribution in [3.63, 3.8) is 0 Å². The second-order valence-corrected chi connectivity index (χ2v) is 3.78. The summed E-state index contributed by atoms with van der Waals surface area (Å²) >= 11 is 15.8. The molecule has 0 saturated carbocycles. The molecule has 0 radical (unpaired) electrons. The monoisotopic (exact) mass is 216 g/mol. The van der Waals surface area contributed by atoms with Crippen molar-refractivity contribution in [2.75, 3.05) is 0 Å². The van der Waals surface area contributed by atoms with Crippen LogP contribution < -0.4 is 0 Å². The molecule has 64 valence electrons. The van der Waals surface area contributed by atoms with E-state index in [-0.39, 0.29) is 12.2 Å². The first-order chi connectivity index (χ1) is 4.95. The number of halogens is 3. The fourth-order valence-electron chi connectivity index (χ4n) is 0.390. The van der Waals surface area contributed by atoms with Gasteiger partial charge in [-0.2, -0.15) is 0 Å². The van der Waals surface area contributed by atoms with E-state index in [1.165, 1.54) is 6.92 Å². The molecule has 0 spiro atoms. The van der Waals surface area contributed by atoms with E-state index < -0.39 is 16.0 Å². The van der Waals surface area contributed by atoms with Crippen LogP contribution in [0.25, 0.3) is 0 Å². The first-order valence-corrected chi connectivity index (χ1v) is 4.23. The van der Waals surface area contributed by atoms with Gasteiger partial charge in [0.15, 0.2) is 16.4 Å². The number of Topliss-reactive ketones (excluding diaryl/α,β-unsaturated/α-hetero) is 2. The molecule has 11 heavy (non-hydrogen) atoms. The van der Waals surface area contributed by atoms with Crippen LogP contribution in [0.15, 0.2) is 0 Å². The number of carbonyl (C=O) groups is 2. The van der Waals surface area contributed by atoms with Crippen LogP contribution in [0.5, 0.6) is 0 Å². The summed E-state index contributed by atoms with van der Waals surface area (Å²) in [6.07, 6.45) is -0.289. The Balaban J connectivity index is 3.86. The Morgan fingerprint density at radius 3 is 1.91 bits per heavy atom. The third-order valence-electron chi connectivity index (χ3n) is 1.04. The highest BCUT2D eigenvalue weighted by Gasteiger charge is 2.18. The Morgan fingerprint density at radius 2 is 1.64 bits per heavy atom. The van der Waals surface area contributed by atoms with Crippen LogP contribution in [0, 0.1) is 0 Å². The minimum Gasteiger partial charge on any atom is -0.298 e. The summed E-state index contributed by atoms with van der Waals surface area (Å²) in [5.74, 6) is -0.867. The zero-order valence-corrected chi connectivity index (χ0v) is 8.08. The van der Waals surface area contributed by atoms with Gasteiger partial charge in [-0.3, -0.25) is 9.59 Å². The molecule has 0 fully saturated rings. The molecule has 0 aromatic carbocycles. The highest BCUT2D eigenvalue weighted by molar-refractivity contribution is 6.54. The summed E-state index contributed by atoms with van der Waals surface area (Å²) in [5, 5.41) is -0.661. The summed E-state index contributed by atoms with van der Waals surface area (Å²) in [7, 11) is 0. The Bertz CT molecular complexity index is 147. The van der Waals surface area contributed by atoms with Crippen LogP contribution >= 0.6 is 34.8 Å². The van der Waals surface area contributed by atoms with Gasteiger partial charge >= 0.3 is 0 Å². The number of ketones is 2. The van der Waals surface area contributed by atoms with Crippen LogP contribution in [0.4, 0.5) is 0 Å². The largest absolute Gasteiger partial charge is 0.298 e. The Morgan fingerprint density at radius 1 is 1.18 bits per heavy atom. The van der Waals surface area contributed by atoms with Crippen LogP contribution in [-0.4, -0.2) is 21.8 Å². The predicted molar refractivity (Wildman–Crippen MR) is 45.4 cm³/mol. The second-order valence-electron chi connectivity index (χ2n) is 2.03. The third kappa shape index (κ3) is 4.62. The van der Waals surface area contributed by atoms with E-state index in [0.717, 1.165) is 0 Å². The van der Waals surface area contributed by atoms with E-state index in [2.05, 4.69) is 0 Å². The maximum atomic E-state index is 10.8. The molecule has 0 aromatic rings. The molecule has 2 nitrogen and oxygen atoms in total. The zero-order valence-electron chi connectivity index (χ0n) is 5.81. The summed E-state index contributed by atoms with van der Waals surface area (Å²) in [5.41, 5.74) is 0. The topological polar surface area (TPSA) is 34.1 Å². The fraction of sp³-hybridized carbons (Fsp3) is 0.667. The van der Waals surface area contributed by atoms with Gasteiger partial charge in [-0.15, -0.1) is 11.6 Å². The molecule has 1 unspecified atom stereocenters. The van der Waals surface area contributed by atoms with Gasteiger partial charge in [0.25, 0.3) is 0 Å². The third-order valence-corrected chi connectivity index (χ3v) is 1.77. The molecule has 0 saturated heterocycles. The molecule has 0 bridgehead atoms. The Kier molecular flexibility index (Phi) is 5.06. The Labute approximate surface area is 79.8 Å². The summed E-state index contributed by atoms with van der Waals surface area (Å²) < 4.78 is 0. The van der Waals surface area contributed by atoms with Gasteiger partial charge in [-0.1, -0.05) is 23.2 Å². The first kappa shape index (κ1) is 11.2. The van der Waals surface area contributed by atoms with E-state index in [1.54, 1.807) is 0 Å². The van der Waals surface area contributed by atoms with Crippen molar-refractivity contribution in [1.29, 1.82) is 0 Å². The maximum Gasteiger partial charge on any atom is 0.173 e. The van der Waals surface area contributed by atoms with Crippen LogP contribution in [0.3, 0.4) is 0 Å². The predicted octanol–water partition coefficient (Wildman–Crippen LogP) is 1.95. The fourth-order valence-corrected chi connectivity index (χ4v) is 0.621. The van der Waals surface area contributed by atoms with Gasteiger partial charge in [-0.05, 0) is 6.92 Å². The molecule has 5 heteroatoms. The highest BCUT2D eigenvalue weighted by Crippen LogP contribution is 2.08. The number of rotatable bonds is 4. The van der Waals surface area contributed by atoms with Crippen LogP contribution in [0.2, 0.25) is 0 Å². The van der Waals surface area contributed by atoms with Crippen molar-refractivity contribution < 1.29 is 9.59 Å². The van der Waals surface area contributed by atoms with E-state index in [1.807, 2.05) is 0 Å². The SMILES string of the molecule is CC(Cl)C(=O)CC(=O)C(Cl)Cl. The maximum absolute atomic E-state index is 10.8. The zero-order chi connectivity index (χ0) is 9.02. The molecular weight excluding hydrogens is 210 g/mol. The average Bonchev–Trinajstić information content (AvgIpc) is 1.87. The van der Waals surface area contributed by atoms with E-state index in [9.17, 15) is 9.59 Å². The van der Waals surface area contributed by atoms with E-state index in [0.29, 0.717) is 0 Å². The molecule has 0 aliphatic heterocycles. The lowest BCUT2D eigenvalue weighted by Crippen LogP contribution is -2.19. The van der Waals surface area contributed by atoms with Crippen molar-refractivity contribution in [3.05, 3.63) is 0 Å². The van der Waals surface area contributed by atoms with Gasteiger partial charge in [0, 0.05) is 0 Å². The molecule has 0 heterocycles. The molecule has 0 aliphatic rings. The van der Waals surface area contributed by atoms with Crippen molar-refractivity contribution in [2.24, 2.45) is 0 Å². The molecule has 1 atom stereocenters. The minimum atomic E-state index is -1.13. The molecule has 0 aliphatic carbocycles. The smallest absolute Gasteiger partial charge is 0.173 e. The lowest BCUT2D eigenvalue weighted by molar-refractivity contribution is -0.125. The highest BCUT2D eigenvalue weighted by atomic mass is 35.5. The van der Waals surface area contributed by atoms with Crippen molar-refractivity contribution >= 4 is 46.4 Å². The minimum absolute atomic E-state index is 0.289. The molecule has 0 rings (SSSR count). The lowest BCUT2D eigenvalue weighted by Gasteiger charge is -2.01. The number of hydrogen-bond acceptors (Lipinski definition) is 2. The standard InChI is InChI=1S/C6H7Cl3O2/c1-3(7)4(10)2-5(11)6(8)9/h3,6H,2H2,1H3. The van der Waals surface area contributed by atoms with Crippen molar-refractivity contribution in [2.45, 2.75) is 23.6 Å². The van der Waals surface area contributed by atoms with Crippen molar-refractivity contribution in [3.8, 4) is 0 Å². The van der Waals surface area contributed by atoms with E-state index in [4.69, 9.17) is 34.8 Å². The van der Waals surface area contributed by atoms with Gasteiger partial charge in [-0.25, -0.2) is 0 Å². The second kappa shape index (κ2) is 4.96. The van der Waals surface area contributed by atoms with E-state index >= 15 is 0 Å². The first-order valence-electron chi connectivity index (χ1n) is 2.92. The van der Waals surface area contributed by atoms with Gasteiger partial charge in [0.2, 0.25) is 0 Å². The summed E-state index contributed by atoms with van der Waals surface area (Å²) in [4.78, 5) is 20.4. The molecule has 0 N–H and O–H groups in total. The molecular formula is C6H7Cl3O2. The molecule has 0 aromatic heterocycles. The van der Waals surface area contributed by atoms with Crippen LogP contribution in [-0.2, 0) is 9.59 Å². The molecule has 0 amide bonds. The average molecular weight is 217 g/mol. The van der Waals surface area contributed by atoms with Crippen LogP contribution in [0.1, 0.15) is 13.3 Å². The lowest BCUT2D eigenvalue weighted by atomic mass is 10.2. The van der Waals surface area contributed by atoms with Gasteiger partial charge < -0.3 is 0 Å². The van der Waals surface area contributed by atoms with Gasteiger partial charge in [0.1, 0.15) is 0 Å². The van der Waals surface area contributed by atoms with Gasteiger partial charge in [0.05, 0.1) is 11.8 Å². The Hall–Kier alpha value is 0.210. The van der Waals surface area contributed by atoms with Crippen molar-refractivity contribution in [1.82, 2.24) is 0 Å². The number of alkyl halides is 3.